The number of hydrogen-bond donors (Lipinski definition) is 1. The van der Waals surface area contributed by atoms with Crippen molar-refractivity contribution in [3.63, 3.8) is 0 Å². The second kappa shape index (κ2) is 11.6. The molecule has 0 aliphatic carbocycles. The lowest BCUT2D eigenvalue weighted by molar-refractivity contribution is -0.270. The third kappa shape index (κ3) is 6.19. The summed E-state index contributed by atoms with van der Waals surface area (Å²) in [5, 5.41) is 11.5. The van der Waals surface area contributed by atoms with E-state index in [9.17, 15) is 29.1 Å². The fraction of sp³-hybridized carbons (Fsp3) is 0.464. The van der Waals surface area contributed by atoms with E-state index in [0.29, 0.717) is 16.7 Å². The Labute approximate surface area is 233 Å². The summed E-state index contributed by atoms with van der Waals surface area (Å²) < 4.78 is 39.5. The van der Waals surface area contributed by atoms with Crippen molar-refractivity contribution in [2.75, 3.05) is 6.61 Å². The maximum Gasteiger partial charge on any atom is 0.347 e. The molecular weight excluding hydrogens is 544 g/mol. The Hall–Kier alpha value is -4.39. The van der Waals surface area contributed by atoms with Crippen molar-refractivity contribution in [3.8, 4) is 11.5 Å². The van der Waals surface area contributed by atoms with E-state index in [4.69, 9.17) is 32.5 Å². The highest BCUT2D eigenvalue weighted by Gasteiger charge is 2.52. The van der Waals surface area contributed by atoms with Crippen molar-refractivity contribution in [3.05, 3.63) is 33.9 Å². The normalized spacial score (nSPS) is 22.3. The Morgan fingerprint density at radius 1 is 0.927 bits per heavy atom. The lowest BCUT2D eigenvalue weighted by atomic mass is 9.86. The first-order valence-electron chi connectivity index (χ1n) is 12.8. The average molecular weight is 575 g/mol. The minimum absolute atomic E-state index is 0.00569. The van der Waals surface area contributed by atoms with Gasteiger partial charge in [-0.3, -0.25) is 14.4 Å². The molecule has 1 N–H and O–H groups in total. The molecule has 41 heavy (non-hydrogen) atoms. The van der Waals surface area contributed by atoms with Gasteiger partial charge in [0.2, 0.25) is 12.0 Å². The Morgan fingerprint density at radius 3 is 2.20 bits per heavy atom. The van der Waals surface area contributed by atoms with Crippen LogP contribution in [0.5, 0.6) is 11.5 Å². The minimum Gasteiger partial charge on any atom is -0.504 e. The van der Waals surface area contributed by atoms with Crippen LogP contribution in [0.2, 0.25) is 0 Å². The monoisotopic (exact) mass is 574 g/mol. The van der Waals surface area contributed by atoms with Gasteiger partial charge in [0.15, 0.2) is 23.5 Å². The zero-order valence-electron chi connectivity index (χ0n) is 23.3. The van der Waals surface area contributed by atoms with Crippen LogP contribution in [0.4, 0.5) is 0 Å². The van der Waals surface area contributed by atoms with Crippen molar-refractivity contribution >= 4 is 45.6 Å². The van der Waals surface area contributed by atoms with Crippen molar-refractivity contribution in [1.82, 2.24) is 0 Å². The molecule has 4 rings (SSSR count). The third-order valence-corrected chi connectivity index (χ3v) is 6.50. The standard InChI is InChI=1S/C28H30O13/c1-11-7-17-21-19(9-13(3)36-27(21)34)39-23(17)26(22(11)33)41-28-18(8-12(2)29)24(37-15(5)31)25(38-16(6)32)20(40-28)10-35-14(4)30/h7,9,18,20,24-25,28,33H,8,10H2,1-6H3/t18-,20-,24-,25-,28?/m1/s1. The molecule has 1 aliphatic rings. The molecule has 1 fully saturated rings. The molecule has 1 unspecified atom stereocenters. The van der Waals surface area contributed by atoms with Crippen molar-refractivity contribution < 1.29 is 56.8 Å². The maximum atomic E-state index is 12.7. The topological polar surface area (TPSA) is 178 Å². The molecule has 3 aromatic rings. The summed E-state index contributed by atoms with van der Waals surface area (Å²) in [4.78, 5) is 60.7. The number of benzene rings is 1. The van der Waals surface area contributed by atoms with Gasteiger partial charge in [-0.1, -0.05) is 0 Å². The molecule has 2 aromatic heterocycles. The van der Waals surface area contributed by atoms with Gasteiger partial charge in [-0.25, -0.2) is 4.79 Å². The second-order valence-corrected chi connectivity index (χ2v) is 9.92. The first-order chi connectivity index (χ1) is 19.3. The van der Waals surface area contributed by atoms with Gasteiger partial charge in [0.25, 0.3) is 0 Å². The van der Waals surface area contributed by atoms with Crippen LogP contribution in [0.25, 0.3) is 21.9 Å². The third-order valence-electron chi connectivity index (χ3n) is 6.50. The van der Waals surface area contributed by atoms with Gasteiger partial charge < -0.3 is 42.4 Å². The van der Waals surface area contributed by atoms with Gasteiger partial charge in [0.1, 0.15) is 35.2 Å². The molecule has 0 spiro atoms. The molecule has 1 saturated heterocycles. The van der Waals surface area contributed by atoms with Gasteiger partial charge in [0, 0.05) is 38.6 Å². The van der Waals surface area contributed by atoms with Crippen LogP contribution in [0, 0.1) is 19.8 Å². The molecule has 220 valence electrons. The number of carbonyl (C=O) groups excluding carboxylic acids is 4. The summed E-state index contributed by atoms with van der Waals surface area (Å²) in [5.74, 6) is -3.78. The smallest absolute Gasteiger partial charge is 0.347 e. The number of ketones is 1. The molecule has 13 heteroatoms. The van der Waals surface area contributed by atoms with Crippen LogP contribution in [-0.4, -0.2) is 60.0 Å². The van der Waals surface area contributed by atoms with Crippen molar-refractivity contribution in [2.45, 2.75) is 72.6 Å². The molecule has 1 aromatic carbocycles. The predicted octanol–water partition coefficient (Wildman–Crippen LogP) is 2.99. The molecule has 0 radical (unpaired) electrons. The van der Waals surface area contributed by atoms with Crippen molar-refractivity contribution in [2.24, 2.45) is 5.92 Å². The number of furan rings is 1. The Kier molecular flexibility index (Phi) is 8.38. The quantitative estimate of drug-likeness (QED) is 0.307. The van der Waals surface area contributed by atoms with Gasteiger partial charge in [0.05, 0.1) is 5.92 Å². The second-order valence-electron chi connectivity index (χ2n) is 9.92. The molecule has 0 amide bonds. The van der Waals surface area contributed by atoms with Gasteiger partial charge in [-0.15, -0.1) is 0 Å². The van der Waals surface area contributed by atoms with Crippen LogP contribution in [0.3, 0.4) is 0 Å². The lowest BCUT2D eigenvalue weighted by Crippen LogP contribution is -2.60. The summed E-state index contributed by atoms with van der Waals surface area (Å²) in [6, 6.07) is 3.05. The molecule has 1 aliphatic heterocycles. The van der Waals surface area contributed by atoms with E-state index >= 15 is 0 Å². The van der Waals surface area contributed by atoms with E-state index in [-0.39, 0.29) is 40.3 Å². The number of aryl methyl sites for hydroxylation is 2. The first kappa shape index (κ1) is 29.6. The number of fused-ring (bicyclic) bond motifs is 3. The summed E-state index contributed by atoms with van der Waals surface area (Å²) in [5.41, 5.74) is -0.151. The van der Waals surface area contributed by atoms with Gasteiger partial charge in [-0.05, 0) is 32.4 Å². The summed E-state index contributed by atoms with van der Waals surface area (Å²) >= 11 is 0. The molecule has 5 atom stereocenters. The average Bonchev–Trinajstić information content (AvgIpc) is 3.21. The van der Waals surface area contributed by atoms with Gasteiger partial charge in [-0.2, -0.15) is 0 Å². The van der Waals surface area contributed by atoms with Crippen LogP contribution in [-0.2, 0) is 38.1 Å². The first-order valence-corrected chi connectivity index (χ1v) is 12.8. The van der Waals surface area contributed by atoms with E-state index in [1.54, 1.807) is 13.8 Å². The minimum atomic E-state index is -1.42. The van der Waals surface area contributed by atoms with E-state index in [1.807, 2.05) is 0 Å². The highest BCUT2D eigenvalue weighted by Crippen LogP contribution is 2.44. The maximum absolute atomic E-state index is 12.7. The predicted molar refractivity (Wildman–Crippen MR) is 139 cm³/mol. The summed E-state index contributed by atoms with van der Waals surface area (Å²) in [6.45, 7) is 7.48. The van der Waals surface area contributed by atoms with E-state index in [0.717, 1.165) is 13.8 Å². The number of ether oxygens (including phenoxy) is 5. The van der Waals surface area contributed by atoms with Crippen LogP contribution in [0.1, 0.15) is 45.4 Å². The fourth-order valence-corrected chi connectivity index (χ4v) is 4.92. The number of phenolic OH excluding ortho intramolecular Hbond substituents is 1. The lowest BCUT2D eigenvalue weighted by Gasteiger charge is -2.44. The van der Waals surface area contributed by atoms with Crippen LogP contribution < -0.4 is 10.4 Å². The zero-order chi connectivity index (χ0) is 30.2. The molecular formula is C28H30O13. The molecule has 3 heterocycles. The highest BCUT2D eigenvalue weighted by molar-refractivity contribution is 6.07. The Morgan fingerprint density at radius 2 is 1.59 bits per heavy atom. The molecule has 0 saturated carbocycles. The Balaban J connectivity index is 1.87. The summed E-state index contributed by atoms with van der Waals surface area (Å²) in [6.07, 6.45) is -5.41. The van der Waals surface area contributed by atoms with E-state index in [1.165, 1.54) is 26.0 Å². The van der Waals surface area contributed by atoms with Crippen molar-refractivity contribution in [1.29, 1.82) is 0 Å². The number of esters is 3. The largest absolute Gasteiger partial charge is 0.504 e. The number of carbonyl (C=O) groups is 4. The Bertz CT molecular complexity index is 1580. The number of Topliss-reactive ketones (excluding diaryl/α,β-unsaturated/α-hetero) is 1. The zero-order valence-corrected chi connectivity index (χ0v) is 23.3. The number of aromatic hydroxyl groups is 1. The van der Waals surface area contributed by atoms with Crippen LogP contribution >= 0.6 is 0 Å². The highest BCUT2D eigenvalue weighted by atomic mass is 16.7. The van der Waals surface area contributed by atoms with E-state index < -0.39 is 60.7 Å². The number of phenols is 1. The van der Waals surface area contributed by atoms with Crippen LogP contribution in [0.15, 0.2) is 25.8 Å². The van der Waals surface area contributed by atoms with E-state index in [2.05, 4.69) is 0 Å². The fourth-order valence-electron chi connectivity index (χ4n) is 4.92. The summed E-state index contributed by atoms with van der Waals surface area (Å²) in [7, 11) is 0. The SMILES string of the molecule is CC(=O)C[C@H]1C(Oc2c(O)c(C)cc3c2oc2cc(C)oc(=O)c23)O[C@H](COC(C)=O)[C@@H](OC(C)=O)[C@@H]1OC(C)=O. The molecule has 0 bridgehead atoms. The van der Waals surface area contributed by atoms with Gasteiger partial charge >= 0.3 is 23.5 Å². The number of rotatable bonds is 8. The molecule has 13 nitrogen and oxygen atoms in total. The number of hydrogen-bond acceptors (Lipinski definition) is 13.